The van der Waals surface area contributed by atoms with Crippen LogP contribution in [0.2, 0.25) is 0 Å². The third kappa shape index (κ3) is 4.23. The van der Waals surface area contributed by atoms with Crippen molar-refractivity contribution in [2.75, 3.05) is 13.1 Å². The van der Waals surface area contributed by atoms with Gasteiger partial charge in [-0.15, -0.1) is 0 Å². The van der Waals surface area contributed by atoms with E-state index in [-0.39, 0.29) is 0 Å². The molecule has 0 atom stereocenters. The molecule has 0 bridgehead atoms. The number of aryl methyl sites for hydroxylation is 1. The Morgan fingerprint density at radius 2 is 2.36 bits per heavy atom. The van der Waals surface area contributed by atoms with Gasteiger partial charge in [-0.2, -0.15) is 5.10 Å². The lowest BCUT2D eigenvalue weighted by molar-refractivity contribution is 0.577. The highest BCUT2D eigenvalue weighted by atomic mass is 15.2. The maximum Gasteiger partial charge on any atom is 0.0562 e. The summed E-state index contributed by atoms with van der Waals surface area (Å²) in [6, 6.07) is 0. The van der Waals surface area contributed by atoms with Crippen LogP contribution >= 0.6 is 0 Å². The highest BCUT2D eigenvalue weighted by Crippen LogP contribution is 1.98. The fourth-order valence-electron chi connectivity index (χ4n) is 1.18. The second-order valence-corrected chi connectivity index (χ2v) is 3.90. The summed E-state index contributed by atoms with van der Waals surface area (Å²) in [6.45, 7) is 6.40. The summed E-state index contributed by atoms with van der Waals surface area (Å²) in [6.07, 6.45) is 8.07. The van der Waals surface area contributed by atoms with E-state index in [0.29, 0.717) is 5.92 Å². The smallest absolute Gasteiger partial charge is 0.0562 e. The maximum absolute atomic E-state index is 4.09. The van der Waals surface area contributed by atoms with Crippen molar-refractivity contribution < 1.29 is 0 Å². The van der Waals surface area contributed by atoms with E-state index >= 15 is 0 Å². The zero-order chi connectivity index (χ0) is 10.4. The van der Waals surface area contributed by atoms with E-state index in [1.54, 1.807) is 4.68 Å². The quantitative estimate of drug-likeness (QED) is 0.721. The van der Waals surface area contributed by atoms with Crippen LogP contribution in [0.1, 0.15) is 19.4 Å². The Balaban J connectivity index is 2.21. The Bertz CT molecular complexity index is 286. The van der Waals surface area contributed by atoms with Crippen molar-refractivity contribution in [3.63, 3.8) is 0 Å². The Hall–Kier alpha value is -1.09. The summed E-state index contributed by atoms with van der Waals surface area (Å²) in [5.41, 5.74) is 1.15. The molecule has 14 heavy (non-hydrogen) atoms. The predicted octanol–water partition coefficient (Wildman–Crippen LogP) is 1.68. The number of hydrogen-bond acceptors (Lipinski definition) is 2. The van der Waals surface area contributed by atoms with Gasteiger partial charge in [0, 0.05) is 25.4 Å². The lowest BCUT2D eigenvalue weighted by Gasteiger charge is -2.03. The SMILES string of the molecule is CC(C)CNCC=Cc1cnn(C)c1. The minimum atomic E-state index is 0.710. The second-order valence-electron chi connectivity index (χ2n) is 3.90. The highest BCUT2D eigenvalue weighted by Gasteiger charge is 1.91. The molecule has 1 aromatic heterocycles. The van der Waals surface area contributed by atoms with Crippen molar-refractivity contribution in [2.45, 2.75) is 13.8 Å². The van der Waals surface area contributed by atoms with E-state index in [9.17, 15) is 0 Å². The Kier molecular flexibility index (Phi) is 4.40. The summed E-state index contributed by atoms with van der Waals surface area (Å²) in [5.74, 6) is 0.710. The lowest BCUT2D eigenvalue weighted by atomic mass is 10.2. The number of aromatic nitrogens is 2. The molecule has 0 saturated carbocycles. The molecule has 0 spiro atoms. The van der Waals surface area contributed by atoms with Gasteiger partial charge in [-0.1, -0.05) is 26.0 Å². The molecular formula is C11H19N3. The topological polar surface area (TPSA) is 29.9 Å². The normalized spacial score (nSPS) is 11.7. The maximum atomic E-state index is 4.09. The first-order valence-electron chi connectivity index (χ1n) is 5.04. The predicted molar refractivity (Wildman–Crippen MR) is 59.9 cm³/mol. The first-order valence-corrected chi connectivity index (χ1v) is 5.04. The minimum Gasteiger partial charge on any atom is -0.313 e. The summed E-state index contributed by atoms with van der Waals surface area (Å²) < 4.78 is 1.81. The molecule has 78 valence electrons. The number of rotatable bonds is 5. The zero-order valence-corrected chi connectivity index (χ0v) is 9.20. The summed E-state index contributed by atoms with van der Waals surface area (Å²) >= 11 is 0. The van der Waals surface area contributed by atoms with E-state index in [1.165, 1.54) is 0 Å². The summed E-state index contributed by atoms with van der Waals surface area (Å²) in [7, 11) is 1.92. The number of nitrogens with one attached hydrogen (secondary N) is 1. The standard InChI is InChI=1S/C11H19N3/c1-10(2)7-12-6-4-5-11-8-13-14(3)9-11/h4-5,8-10,12H,6-7H2,1-3H3. The molecule has 0 saturated heterocycles. The van der Waals surface area contributed by atoms with Gasteiger partial charge in [-0.25, -0.2) is 0 Å². The van der Waals surface area contributed by atoms with Gasteiger partial charge >= 0.3 is 0 Å². The molecule has 1 heterocycles. The molecule has 0 fully saturated rings. The Morgan fingerprint density at radius 3 is 2.93 bits per heavy atom. The van der Waals surface area contributed by atoms with Gasteiger partial charge < -0.3 is 5.32 Å². The second kappa shape index (κ2) is 5.60. The monoisotopic (exact) mass is 193 g/mol. The van der Waals surface area contributed by atoms with Crippen LogP contribution in [0, 0.1) is 5.92 Å². The number of hydrogen-bond donors (Lipinski definition) is 1. The van der Waals surface area contributed by atoms with Crippen molar-refractivity contribution >= 4 is 6.08 Å². The fraction of sp³-hybridized carbons (Fsp3) is 0.545. The van der Waals surface area contributed by atoms with Crippen LogP contribution in [0.5, 0.6) is 0 Å². The molecule has 0 aliphatic heterocycles. The van der Waals surface area contributed by atoms with Crippen molar-refractivity contribution in [1.29, 1.82) is 0 Å². The summed E-state index contributed by atoms with van der Waals surface area (Å²) in [4.78, 5) is 0. The Labute approximate surface area is 85.8 Å². The van der Waals surface area contributed by atoms with Crippen LogP contribution in [0.15, 0.2) is 18.5 Å². The van der Waals surface area contributed by atoms with Crippen LogP contribution in [0.4, 0.5) is 0 Å². The molecule has 0 amide bonds. The van der Waals surface area contributed by atoms with E-state index in [4.69, 9.17) is 0 Å². The van der Waals surface area contributed by atoms with E-state index in [0.717, 1.165) is 18.7 Å². The molecule has 0 aromatic carbocycles. The lowest BCUT2D eigenvalue weighted by Crippen LogP contribution is -2.19. The van der Waals surface area contributed by atoms with Gasteiger partial charge in [0.15, 0.2) is 0 Å². The van der Waals surface area contributed by atoms with Crippen LogP contribution < -0.4 is 5.32 Å². The number of nitrogens with zero attached hydrogens (tertiary/aromatic N) is 2. The van der Waals surface area contributed by atoms with E-state index in [2.05, 4.69) is 36.4 Å². The van der Waals surface area contributed by atoms with Gasteiger partial charge in [0.25, 0.3) is 0 Å². The van der Waals surface area contributed by atoms with Crippen LogP contribution in [-0.4, -0.2) is 22.9 Å². The molecular weight excluding hydrogens is 174 g/mol. The molecule has 3 nitrogen and oxygen atoms in total. The van der Waals surface area contributed by atoms with Crippen molar-refractivity contribution in [3.8, 4) is 0 Å². The first kappa shape index (κ1) is 11.0. The van der Waals surface area contributed by atoms with Crippen molar-refractivity contribution in [3.05, 3.63) is 24.0 Å². The van der Waals surface area contributed by atoms with Crippen molar-refractivity contribution in [1.82, 2.24) is 15.1 Å². The van der Waals surface area contributed by atoms with Crippen molar-refractivity contribution in [2.24, 2.45) is 13.0 Å². The average molecular weight is 193 g/mol. The largest absolute Gasteiger partial charge is 0.313 e. The molecule has 0 aliphatic rings. The summed E-state index contributed by atoms with van der Waals surface area (Å²) in [5, 5.41) is 7.44. The molecule has 0 radical (unpaired) electrons. The van der Waals surface area contributed by atoms with Gasteiger partial charge in [-0.05, 0) is 12.5 Å². The van der Waals surface area contributed by atoms with E-state index in [1.807, 2.05) is 19.4 Å². The Morgan fingerprint density at radius 1 is 1.57 bits per heavy atom. The van der Waals surface area contributed by atoms with Gasteiger partial charge in [0.05, 0.1) is 6.20 Å². The average Bonchev–Trinajstić information content (AvgIpc) is 2.50. The molecule has 0 unspecified atom stereocenters. The van der Waals surface area contributed by atoms with Gasteiger partial charge in [-0.3, -0.25) is 4.68 Å². The first-order chi connectivity index (χ1) is 6.68. The fourth-order valence-corrected chi connectivity index (χ4v) is 1.18. The van der Waals surface area contributed by atoms with E-state index < -0.39 is 0 Å². The van der Waals surface area contributed by atoms with Crippen LogP contribution in [-0.2, 0) is 7.05 Å². The van der Waals surface area contributed by atoms with Gasteiger partial charge in [0.1, 0.15) is 0 Å². The molecule has 1 N–H and O–H groups in total. The molecule has 1 aromatic rings. The zero-order valence-electron chi connectivity index (χ0n) is 9.20. The van der Waals surface area contributed by atoms with Crippen LogP contribution in [0.3, 0.4) is 0 Å². The third-order valence-electron chi connectivity index (χ3n) is 1.85. The molecule has 0 aliphatic carbocycles. The third-order valence-corrected chi connectivity index (χ3v) is 1.85. The highest BCUT2D eigenvalue weighted by molar-refractivity contribution is 5.46. The molecule has 3 heteroatoms. The minimum absolute atomic E-state index is 0.710. The van der Waals surface area contributed by atoms with Crippen LogP contribution in [0.25, 0.3) is 6.08 Å². The van der Waals surface area contributed by atoms with Gasteiger partial charge in [0.2, 0.25) is 0 Å². The molecule has 1 rings (SSSR count).